The number of benzene rings is 5. The molecule has 1 atom stereocenters. The highest BCUT2D eigenvalue weighted by Crippen LogP contribution is 2.35. The number of aromatic amines is 1. The van der Waals surface area contributed by atoms with Crippen molar-refractivity contribution in [3.63, 3.8) is 0 Å². The van der Waals surface area contributed by atoms with Crippen LogP contribution >= 0.6 is 11.6 Å². The van der Waals surface area contributed by atoms with E-state index in [-0.39, 0.29) is 27.6 Å². The third kappa shape index (κ3) is 11.9. The zero-order valence-corrected chi connectivity index (χ0v) is 37.8. The number of piperazine rings is 1. The van der Waals surface area contributed by atoms with E-state index in [0.29, 0.717) is 55.8 Å². The van der Waals surface area contributed by atoms with Crippen molar-refractivity contribution in [3.8, 4) is 28.4 Å². The monoisotopic (exact) mass is 911 g/mol. The minimum atomic E-state index is -4.56. The smallest absolute Gasteiger partial charge is 0.268 e. The molecule has 1 fully saturated rings. The molecule has 1 saturated heterocycles. The lowest BCUT2D eigenvalue weighted by molar-refractivity contribution is -0.00423. The number of quaternary nitrogens is 1. The van der Waals surface area contributed by atoms with Crippen LogP contribution in [0, 0.1) is 5.21 Å². The number of hydrogen-bond donors (Lipinski definition) is 6. The van der Waals surface area contributed by atoms with Crippen molar-refractivity contribution in [2.75, 3.05) is 91.4 Å². The summed E-state index contributed by atoms with van der Waals surface area (Å²) < 4.78 is 42.1. The van der Waals surface area contributed by atoms with Gasteiger partial charge in [0, 0.05) is 92.3 Å². The van der Waals surface area contributed by atoms with Gasteiger partial charge in [-0.3, -0.25) is 4.79 Å². The quantitative estimate of drug-likeness (QED) is 0.0279. The van der Waals surface area contributed by atoms with Crippen molar-refractivity contribution in [1.82, 2.24) is 34.6 Å². The number of anilines is 2. The number of nitrogens with one attached hydrogen (secondary N) is 5. The van der Waals surface area contributed by atoms with Gasteiger partial charge in [0.2, 0.25) is 0 Å². The summed E-state index contributed by atoms with van der Waals surface area (Å²) in [5.74, 6) is 0.367. The van der Waals surface area contributed by atoms with Gasteiger partial charge in [-0.25, -0.2) is 23.4 Å². The van der Waals surface area contributed by atoms with Gasteiger partial charge < -0.3 is 45.5 Å². The van der Waals surface area contributed by atoms with E-state index in [4.69, 9.17) is 21.1 Å². The molecular weight excluding hydrogens is 858 g/mol. The molecule has 1 aliphatic rings. The predicted molar refractivity (Wildman–Crippen MR) is 253 cm³/mol. The second-order valence-electron chi connectivity index (χ2n) is 16.0. The number of aromatic nitrogens is 1. The number of likely N-dealkylation sites (N-methyl/N-ethyl adjacent to an activating group) is 2. The lowest BCUT2D eigenvalue weighted by atomic mass is 9.99. The first-order valence-corrected chi connectivity index (χ1v) is 22.7. The molecule has 0 radical (unpaired) electrons. The fraction of sp³-hybridized carbons (Fsp3) is 0.283. The number of sulfonamides is 1. The number of hydroxylamine groups is 2. The van der Waals surface area contributed by atoms with Gasteiger partial charge in [-0.2, -0.15) is 4.81 Å². The molecule has 0 bridgehead atoms. The number of halogens is 1. The minimum absolute atomic E-state index is 0.0534. The number of amides is 1. The number of ether oxygens (including phenoxy) is 2. The molecule has 18 heteroatoms. The average molecular weight is 913 g/mol. The summed E-state index contributed by atoms with van der Waals surface area (Å²) in [6, 6.07) is 29.6. The lowest BCUT2D eigenvalue weighted by Gasteiger charge is -2.35. The van der Waals surface area contributed by atoms with E-state index in [1.807, 2.05) is 74.7 Å². The molecule has 64 heavy (non-hydrogen) atoms. The number of nitrogens with zero attached hydrogens (tertiary/aromatic N) is 4. The Labute approximate surface area is 378 Å². The standard InChI is InChI=1S/C46H54ClN9O7S/c1-53(2)26-27-62-36-13-16-38(32-8-10-34(47)11-9-32)33(28-36)31-48-20-21-49-35-12-15-40(45(29-35)63-44-7-5-6-41-39(44)18-19-50-41)46(57)52-64(60,61)37-14-17-42(43(30-37)56(4,58)59)51-55-24-22-54(3)23-25-55/h5-19,28-30,48-51,58H,20-27,31H2,1-4H3,(H,52,57). The molecule has 6 aromatic rings. The highest BCUT2D eigenvalue weighted by Gasteiger charge is 2.28. The van der Waals surface area contributed by atoms with Gasteiger partial charge in [0.15, 0.2) is 5.69 Å². The van der Waals surface area contributed by atoms with Crippen molar-refractivity contribution in [2.45, 2.75) is 11.4 Å². The molecule has 1 aliphatic heterocycles. The summed E-state index contributed by atoms with van der Waals surface area (Å²) in [6.45, 7) is 5.79. The van der Waals surface area contributed by atoms with Crippen molar-refractivity contribution in [2.24, 2.45) is 0 Å². The maximum absolute atomic E-state index is 13.9. The number of carbonyl (C=O) groups excluding carboxylic acids is 1. The van der Waals surface area contributed by atoms with E-state index >= 15 is 0 Å². The molecule has 1 aromatic heterocycles. The molecule has 1 unspecified atom stereocenters. The number of hydrogen-bond acceptors (Lipinski definition) is 13. The molecule has 0 aliphatic carbocycles. The number of H-pyrrole nitrogens is 1. The van der Waals surface area contributed by atoms with Gasteiger partial charge >= 0.3 is 0 Å². The SMILES string of the molecule is CN(C)CCOc1ccc(-c2ccc(Cl)cc2)c(CNCCNc2ccc(C(=O)NS(=O)(=O)c3ccc(NN4CCN(C)CC4)c([N+](C)([O-])O)c3)c(Oc3cccc4[nH]ccc34)c2)c1. The highest BCUT2D eigenvalue weighted by molar-refractivity contribution is 7.90. The zero-order chi connectivity index (χ0) is 45.4. The van der Waals surface area contributed by atoms with Gasteiger partial charge in [0.05, 0.1) is 10.5 Å². The van der Waals surface area contributed by atoms with Crippen LogP contribution in [0.3, 0.4) is 0 Å². The Kier molecular flexibility index (Phi) is 14.8. The summed E-state index contributed by atoms with van der Waals surface area (Å²) in [7, 11) is 2.42. The first kappa shape index (κ1) is 46.3. The summed E-state index contributed by atoms with van der Waals surface area (Å²) in [6.07, 6.45) is 1.77. The first-order valence-electron chi connectivity index (χ1n) is 20.8. The molecule has 1 amide bonds. The zero-order valence-electron chi connectivity index (χ0n) is 36.2. The summed E-state index contributed by atoms with van der Waals surface area (Å²) in [5.41, 5.74) is 7.64. The Morgan fingerprint density at radius 1 is 0.938 bits per heavy atom. The predicted octanol–water partition coefficient (Wildman–Crippen LogP) is 6.94. The normalized spacial score (nSPS) is 14.6. The number of rotatable bonds is 19. The van der Waals surface area contributed by atoms with Gasteiger partial charge in [0.25, 0.3) is 15.9 Å². The van der Waals surface area contributed by atoms with Crippen molar-refractivity contribution in [3.05, 3.63) is 131 Å². The number of carbonyl (C=O) groups is 1. The van der Waals surface area contributed by atoms with E-state index in [0.717, 1.165) is 66.1 Å². The molecule has 6 N–H and O–H groups in total. The molecule has 0 saturated carbocycles. The van der Waals surface area contributed by atoms with Crippen molar-refractivity contribution < 1.29 is 27.9 Å². The number of fused-ring (bicyclic) bond motifs is 1. The fourth-order valence-corrected chi connectivity index (χ4v) is 8.30. The molecule has 16 nitrogen and oxygen atoms in total. The summed E-state index contributed by atoms with van der Waals surface area (Å²) in [4.78, 5) is 19.0. The first-order chi connectivity index (χ1) is 30.6. The van der Waals surface area contributed by atoms with Crippen LogP contribution in [0.4, 0.5) is 17.1 Å². The van der Waals surface area contributed by atoms with E-state index in [9.17, 15) is 23.6 Å². The minimum Gasteiger partial charge on any atom is -0.593 e. The van der Waals surface area contributed by atoms with Crippen LogP contribution in [-0.4, -0.2) is 120 Å². The van der Waals surface area contributed by atoms with Crippen LogP contribution in [-0.2, 0) is 16.6 Å². The molecule has 2 heterocycles. The van der Waals surface area contributed by atoms with Crippen LogP contribution in [0.15, 0.2) is 114 Å². The van der Waals surface area contributed by atoms with Crippen LogP contribution in [0.25, 0.3) is 22.0 Å². The van der Waals surface area contributed by atoms with E-state index in [2.05, 4.69) is 41.6 Å². The second-order valence-corrected chi connectivity index (χ2v) is 18.1. The summed E-state index contributed by atoms with van der Waals surface area (Å²) >= 11 is 6.19. The maximum atomic E-state index is 13.9. The Morgan fingerprint density at radius 3 is 2.47 bits per heavy atom. The maximum Gasteiger partial charge on any atom is 0.268 e. The molecular formula is C46H54ClN9O7S. The third-order valence-corrected chi connectivity index (χ3v) is 12.3. The Bertz CT molecular complexity index is 2670. The van der Waals surface area contributed by atoms with Gasteiger partial charge in [0.1, 0.15) is 36.6 Å². The van der Waals surface area contributed by atoms with Crippen LogP contribution in [0.1, 0.15) is 15.9 Å². The molecule has 5 aromatic carbocycles. The fourth-order valence-electron chi connectivity index (χ4n) is 7.19. The van der Waals surface area contributed by atoms with Crippen LogP contribution in [0.5, 0.6) is 17.2 Å². The van der Waals surface area contributed by atoms with Crippen LogP contribution in [0.2, 0.25) is 5.02 Å². The Balaban J connectivity index is 1.07. The highest BCUT2D eigenvalue weighted by atomic mass is 35.5. The average Bonchev–Trinajstić information content (AvgIpc) is 3.75. The third-order valence-electron chi connectivity index (χ3n) is 10.7. The number of hydrazine groups is 1. The molecule has 0 spiro atoms. The van der Waals surface area contributed by atoms with E-state index in [1.165, 1.54) is 18.2 Å². The topological polar surface area (TPSA) is 187 Å². The molecule has 338 valence electrons. The molecule has 7 rings (SSSR count). The largest absolute Gasteiger partial charge is 0.593 e. The lowest BCUT2D eigenvalue weighted by Crippen LogP contribution is -2.47. The van der Waals surface area contributed by atoms with Gasteiger partial charge in [-0.1, -0.05) is 35.9 Å². The second kappa shape index (κ2) is 20.4. The Morgan fingerprint density at radius 2 is 1.72 bits per heavy atom. The van der Waals surface area contributed by atoms with Crippen molar-refractivity contribution >= 4 is 55.5 Å². The van der Waals surface area contributed by atoms with Gasteiger partial charge in [-0.05, 0) is 105 Å². The Hall–Kier alpha value is -5.73. The van der Waals surface area contributed by atoms with E-state index in [1.54, 1.807) is 30.5 Å². The van der Waals surface area contributed by atoms with Crippen LogP contribution < -0.4 is 35.1 Å². The summed E-state index contributed by atoms with van der Waals surface area (Å²) in [5, 5.41) is 33.6. The van der Waals surface area contributed by atoms with Crippen molar-refractivity contribution in [1.29, 1.82) is 0 Å². The van der Waals surface area contributed by atoms with Gasteiger partial charge in [-0.15, -0.1) is 0 Å². The van der Waals surface area contributed by atoms with E-state index < -0.39 is 20.7 Å².